The van der Waals surface area contributed by atoms with Crippen LogP contribution in [-0.4, -0.2) is 41.3 Å². The van der Waals surface area contributed by atoms with Crippen LogP contribution in [0.5, 0.6) is 11.5 Å². The van der Waals surface area contributed by atoms with Gasteiger partial charge in [-0.3, -0.25) is 4.90 Å². The summed E-state index contributed by atoms with van der Waals surface area (Å²) in [4.78, 5) is 15.2. The highest BCUT2D eigenvalue weighted by molar-refractivity contribution is 5.89. The lowest BCUT2D eigenvalue weighted by molar-refractivity contribution is -0.276. The standard InChI is InChI=1S/C41H47N3O5/c1-3-25-44(35-9-7-8-10-35)27-38-29(2)39(32-17-15-31(28-45)16-18-32)49-40(48-38)33-19-13-30(14-20-33)26-42-41(46)43-34-21-23-37(24-22-34)47-36-11-5-4-6-12-36/h3-6,11-24,29,35,38-40,45H,1,7-10,25-28H2,2H3,(H2,42,43,46)/t29-,38+,39+,40+/m0/s1. The van der Waals surface area contributed by atoms with Crippen molar-refractivity contribution < 1.29 is 24.1 Å². The van der Waals surface area contributed by atoms with E-state index in [0.29, 0.717) is 24.0 Å². The molecule has 1 aliphatic heterocycles. The summed E-state index contributed by atoms with van der Waals surface area (Å²) in [7, 11) is 0. The summed E-state index contributed by atoms with van der Waals surface area (Å²) in [5.41, 5.74) is 4.50. The van der Waals surface area contributed by atoms with E-state index in [-0.39, 0.29) is 30.8 Å². The highest BCUT2D eigenvalue weighted by Crippen LogP contribution is 2.42. The van der Waals surface area contributed by atoms with Crippen LogP contribution in [0, 0.1) is 5.92 Å². The smallest absolute Gasteiger partial charge is 0.319 e. The van der Waals surface area contributed by atoms with Crippen molar-refractivity contribution in [3.63, 3.8) is 0 Å². The average molecular weight is 662 g/mol. The summed E-state index contributed by atoms with van der Waals surface area (Å²) in [6.45, 7) is 8.26. The zero-order valence-electron chi connectivity index (χ0n) is 28.2. The molecule has 2 aliphatic rings. The van der Waals surface area contributed by atoms with Gasteiger partial charge in [-0.15, -0.1) is 6.58 Å². The van der Waals surface area contributed by atoms with Crippen molar-refractivity contribution in [1.82, 2.24) is 10.2 Å². The van der Waals surface area contributed by atoms with E-state index in [4.69, 9.17) is 14.2 Å². The van der Waals surface area contributed by atoms with E-state index in [1.807, 2.05) is 97.1 Å². The molecule has 4 aromatic carbocycles. The number of anilines is 1. The van der Waals surface area contributed by atoms with E-state index < -0.39 is 6.29 Å². The fraction of sp³-hybridized carbons (Fsp3) is 0.341. The quantitative estimate of drug-likeness (QED) is 0.125. The molecule has 8 nitrogen and oxygen atoms in total. The van der Waals surface area contributed by atoms with E-state index in [0.717, 1.165) is 41.1 Å². The summed E-state index contributed by atoms with van der Waals surface area (Å²) in [6, 6.07) is 33.1. The number of para-hydroxylation sites is 1. The van der Waals surface area contributed by atoms with Crippen molar-refractivity contribution in [2.24, 2.45) is 5.92 Å². The molecule has 0 bridgehead atoms. The van der Waals surface area contributed by atoms with Crippen LogP contribution in [0.4, 0.5) is 10.5 Å². The Balaban J connectivity index is 1.08. The molecular weight excluding hydrogens is 614 g/mol. The zero-order chi connectivity index (χ0) is 34.0. The van der Waals surface area contributed by atoms with Gasteiger partial charge in [0.1, 0.15) is 11.5 Å². The zero-order valence-corrected chi connectivity index (χ0v) is 28.2. The van der Waals surface area contributed by atoms with Gasteiger partial charge in [-0.2, -0.15) is 0 Å². The van der Waals surface area contributed by atoms with Gasteiger partial charge in [-0.1, -0.05) is 92.6 Å². The second-order valence-corrected chi connectivity index (χ2v) is 13.0. The minimum Gasteiger partial charge on any atom is -0.457 e. The van der Waals surface area contributed by atoms with Crippen LogP contribution in [0.3, 0.4) is 0 Å². The fourth-order valence-electron chi connectivity index (χ4n) is 6.75. The number of carbonyl (C=O) groups excluding carboxylic acids is 1. The number of carbonyl (C=O) groups is 1. The maximum Gasteiger partial charge on any atom is 0.319 e. The number of nitrogens with zero attached hydrogens (tertiary/aromatic N) is 1. The Morgan fingerprint density at radius 2 is 1.53 bits per heavy atom. The Kier molecular flexibility index (Phi) is 11.8. The second-order valence-electron chi connectivity index (χ2n) is 13.0. The first-order valence-corrected chi connectivity index (χ1v) is 17.3. The van der Waals surface area contributed by atoms with E-state index in [1.54, 1.807) is 0 Å². The van der Waals surface area contributed by atoms with Gasteiger partial charge in [0.2, 0.25) is 0 Å². The third kappa shape index (κ3) is 9.16. The van der Waals surface area contributed by atoms with Gasteiger partial charge in [-0.05, 0) is 65.9 Å². The normalized spacial score (nSPS) is 21.0. The van der Waals surface area contributed by atoms with Gasteiger partial charge >= 0.3 is 6.03 Å². The number of hydrogen-bond donors (Lipinski definition) is 3. The number of amides is 2. The SMILES string of the molecule is C=CCN(C[C@H]1O[C@@H](c2ccc(CNC(=O)Nc3ccc(Oc4ccccc4)cc3)cc2)O[C@@H](c2ccc(CO)cc2)[C@H]1C)C1CCCC1. The Hall–Kier alpha value is -4.47. The molecule has 256 valence electrons. The minimum absolute atomic E-state index is 0.00814. The first-order valence-electron chi connectivity index (χ1n) is 17.3. The van der Waals surface area contributed by atoms with Crippen molar-refractivity contribution in [2.75, 3.05) is 18.4 Å². The molecule has 0 spiro atoms. The van der Waals surface area contributed by atoms with Crippen molar-refractivity contribution in [1.29, 1.82) is 0 Å². The number of rotatable bonds is 13. The molecule has 4 atom stereocenters. The number of benzene rings is 4. The number of aliphatic hydroxyl groups excluding tert-OH is 1. The van der Waals surface area contributed by atoms with Crippen molar-refractivity contribution in [3.05, 3.63) is 138 Å². The van der Waals surface area contributed by atoms with Crippen LogP contribution in [0.2, 0.25) is 0 Å². The van der Waals surface area contributed by atoms with Crippen LogP contribution in [-0.2, 0) is 22.6 Å². The Labute approximate surface area is 289 Å². The van der Waals surface area contributed by atoms with Crippen molar-refractivity contribution >= 4 is 11.7 Å². The minimum atomic E-state index is -0.544. The van der Waals surface area contributed by atoms with Gasteiger partial charge in [0.05, 0.1) is 18.8 Å². The van der Waals surface area contributed by atoms with E-state index in [9.17, 15) is 9.90 Å². The molecule has 1 saturated carbocycles. The summed E-state index contributed by atoms with van der Waals surface area (Å²) >= 11 is 0. The summed E-state index contributed by atoms with van der Waals surface area (Å²) < 4.78 is 19.2. The molecule has 8 heteroatoms. The summed E-state index contributed by atoms with van der Waals surface area (Å²) in [6.07, 6.45) is 6.19. The topological polar surface area (TPSA) is 92.3 Å². The average Bonchev–Trinajstić information content (AvgIpc) is 3.68. The lowest BCUT2D eigenvalue weighted by Gasteiger charge is -2.43. The summed E-state index contributed by atoms with van der Waals surface area (Å²) in [5.74, 6) is 1.56. The van der Waals surface area contributed by atoms with Crippen LogP contribution < -0.4 is 15.4 Å². The predicted octanol–water partition coefficient (Wildman–Crippen LogP) is 8.51. The first kappa shape index (κ1) is 34.4. The number of ether oxygens (including phenoxy) is 3. The molecule has 3 N–H and O–H groups in total. The third-order valence-corrected chi connectivity index (χ3v) is 9.54. The Morgan fingerprint density at radius 3 is 2.20 bits per heavy atom. The van der Waals surface area contributed by atoms with Gasteiger partial charge in [0, 0.05) is 42.8 Å². The predicted molar refractivity (Wildman–Crippen MR) is 192 cm³/mol. The van der Waals surface area contributed by atoms with E-state index in [1.165, 1.54) is 25.7 Å². The maximum atomic E-state index is 12.7. The van der Waals surface area contributed by atoms with Crippen LogP contribution >= 0.6 is 0 Å². The first-order chi connectivity index (χ1) is 24.0. The lowest BCUT2D eigenvalue weighted by atomic mass is 9.89. The third-order valence-electron chi connectivity index (χ3n) is 9.54. The molecule has 0 unspecified atom stereocenters. The monoisotopic (exact) mass is 661 g/mol. The number of urea groups is 1. The molecule has 1 saturated heterocycles. The fourth-order valence-corrected chi connectivity index (χ4v) is 6.75. The number of hydrogen-bond acceptors (Lipinski definition) is 6. The lowest BCUT2D eigenvalue weighted by Crippen LogP contribution is -2.47. The largest absolute Gasteiger partial charge is 0.457 e. The van der Waals surface area contributed by atoms with Crippen LogP contribution in [0.25, 0.3) is 0 Å². The highest BCUT2D eigenvalue weighted by Gasteiger charge is 2.40. The van der Waals surface area contributed by atoms with E-state index in [2.05, 4.69) is 41.2 Å². The molecule has 49 heavy (non-hydrogen) atoms. The molecule has 4 aromatic rings. The molecule has 0 aromatic heterocycles. The molecule has 1 aliphatic carbocycles. The molecule has 6 rings (SSSR count). The maximum absolute atomic E-state index is 12.7. The van der Waals surface area contributed by atoms with E-state index >= 15 is 0 Å². The summed E-state index contributed by atoms with van der Waals surface area (Å²) in [5, 5.41) is 15.4. The van der Waals surface area contributed by atoms with Crippen molar-refractivity contribution in [2.45, 2.75) is 70.3 Å². The van der Waals surface area contributed by atoms with Gasteiger partial charge < -0.3 is 30.0 Å². The highest BCUT2D eigenvalue weighted by atomic mass is 16.7. The number of aliphatic hydroxyl groups is 1. The second kappa shape index (κ2) is 16.8. The number of nitrogens with one attached hydrogen (secondary N) is 2. The van der Waals surface area contributed by atoms with Gasteiger partial charge in [0.15, 0.2) is 6.29 Å². The van der Waals surface area contributed by atoms with Crippen molar-refractivity contribution in [3.8, 4) is 11.5 Å². The molecule has 1 heterocycles. The van der Waals surface area contributed by atoms with Gasteiger partial charge in [-0.25, -0.2) is 4.79 Å². The molecular formula is C41H47N3O5. The molecule has 2 amide bonds. The molecule has 0 radical (unpaired) electrons. The Bertz CT molecular complexity index is 1620. The van der Waals surface area contributed by atoms with Crippen LogP contribution in [0.1, 0.15) is 67.3 Å². The molecule has 2 fully saturated rings. The Morgan fingerprint density at radius 1 is 0.878 bits per heavy atom. The van der Waals surface area contributed by atoms with Crippen LogP contribution in [0.15, 0.2) is 116 Å². The van der Waals surface area contributed by atoms with Gasteiger partial charge in [0.25, 0.3) is 0 Å².